The van der Waals surface area contributed by atoms with Crippen molar-refractivity contribution in [3.8, 4) is 0 Å². The third-order valence-electron chi connectivity index (χ3n) is 5.30. The molecule has 0 aromatic heterocycles. The molecular weight excluding hydrogens is 386 g/mol. The minimum Gasteiger partial charge on any atom is -0.333 e. The number of aldehydes is 1. The van der Waals surface area contributed by atoms with Gasteiger partial charge in [0.05, 0.1) is 0 Å². The summed E-state index contributed by atoms with van der Waals surface area (Å²) in [6, 6.07) is 2.34. The molecule has 2 nitrogen and oxygen atoms in total. The second-order valence-electron chi connectivity index (χ2n) is 8.12. The van der Waals surface area contributed by atoms with E-state index in [2.05, 4.69) is 85.5 Å². The van der Waals surface area contributed by atoms with E-state index in [1.165, 1.54) is 60.2 Å². The number of hydrogen-bond donors (Lipinski definition) is 2. The molecule has 0 heterocycles. The molecule has 2 rings (SSSR count). The Morgan fingerprint density at radius 3 is 2.00 bits per heavy atom. The van der Waals surface area contributed by atoms with Crippen molar-refractivity contribution in [3.05, 3.63) is 46.0 Å². The molecule has 0 spiro atoms. The third kappa shape index (κ3) is 11.8. The molecule has 1 aromatic carbocycles. The maximum atomic E-state index is 8.81. The van der Waals surface area contributed by atoms with Crippen molar-refractivity contribution in [2.45, 2.75) is 92.2 Å². The Bertz CT molecular complexity index is 664. The number of carbonyl (C=O) groups excluding carboxylic acids is 1. The van der Waals surface area contributed by atoms with Crippen LogP contribution in [0.2, 0.25) is 0 Å². The first-order valence-corrected chi connectivity index (χ1v) is 11.7. The summed E-state index contributed by atoms with van der Waals surface area (Å²) in [5.74, 6) is 0.841. The van der Waals surface area contributed by atoms with Crippen LogP contribution in [0.15, 0.2) is 18.2 Å². The molecular formula is C27H47NOS. The molecule has 30 heavy (non-hydrogen) atoms. The van der Waals surface area contributed by atoms with Crippen LogP contribution in [-0.2, 0) is 17.6 Å². The Morgan fingerprint density at radius 2 is 1.70 bits per heavy atom. The van der Waals surface area contributed by atoms with E-state index in [1.807, 2.05) is 6.08 Å². The summed E-state index contributed by atoms with van der Waals surface area (Å²) in [7, 11) is 1.50. The average Bonchev–Trinajstić information content (AvgIpc) is 3.56. The van der Waals surface area contributed by atoms with E-state index in [0.717, 1.165) is 31.5 Å². The zero-order valence-corrected chi connectivity index (χ0v) is 22.0. The Labute approximate surface area is 192 Å². The lowest BCUT2D eigenvalue weighted by Gasteiger charge is -2.16. The van der Waals surface area contributed by atoms with Crippen LogP contribution < -0.4 is 5.73 Å². The molecule has 0 atom stereocenters. The summed E-state index contributed by atoms with van der Waals surface area (Å²) in [6.07, 6.45) is 11.3. The standard InChI is InChI=1S/C19H26.C5H12S.C2H4O.CH5N/c1-6-15-12-16(7-2)19(14(5)18(15)8-3)11-13(4)17-9-10-17;1-4-5(2,3)6;1-2-3;1-2/h7,11-12,17H,2,6,8-10H2,1,3-5H3;6H,4H2,1-3H3;2H,1H3;2H2,1H3/b13-11+;;;. The molecule has 1 fully saturated rings. The molecule has 0 saturated heterocycles. The summed E-state index contributed by atoms with van der Waals surface area (Å²) < 4.78 is 0.236. The smallest absolute Gasteiger partial charge is 0.116 e. The summed E-state index contributed by atoms with van der Waals surface area (Å²) >= 11 is 4.25. The van der Waals surface area contributed by atoms with Gasteiger partial charge >= 0.3 is 0 Å². The Balaban J connectivity index is 0. The monoisotopic (exact) mass is 433 g/mol. The molecule has 3 heteroatoms. The second-order valence-corrected chi connectivity index (χ2v) is 9.33. The van der Waals surface area contributed by atoms with Crippen LogP contribution in [0.1, 0.15) is 95.5 Å². The molecule has 0 aliphatic heterocycles. The van der Waals surface area contributed by atoms with Crippen molar-refractivity contribution in [2.75, 3.05) is 7.05 Å². The largest absolute Gasteiger partial charge is 0.333 e. The highest BCUT2D eigenvalue weighted by atomic mass is 32.1. The lowest BCUT2D eigenvalue weighted by atomic mass is 9.88. The normalized spacial score (nSPS) is 13.0. The van der Waals surface area contributed by atoms with Gasteiger partial charge in [-0.05, 0) is 93.7 Å². The lowest BCUT2D eigenvalue weighted by molar-refractivity contribution is -0.106. The SMILES string of the molecule is C=Cc1cc(CC)c(CC)c(C)c1/C=C(\C)C1CC1.CC=O.CCC(C)(C)S.CN. The van der Waals surface area contributed by atoms with Gasteiger partial charge < -0.3 is 10.5 Å². The van der Waals surface area contributed by atoms with Gasteiger partial charge in [-0.15, -0.1) is 0 Å². The molecule has 1 aromatic rings. The average molecular weight is 434 g/mol. The third-order valence-corrected chi connectivity index (χ3v) is 5.61. The predicted molar refractivity (Wildman–Crippen MR) is 142 cm³/mol. The summed E-state index contributed by atoms with van der Waals surface area (Å²) in [6.45, 7) is 20.9. The number of rotatable bonds is 6. The highest BCUT2D eigenvalue weighted by molar-refractivity contribution is 7.81. The fourth-order valence-electron chi connectivity index (χ4n) is 3.02. The predicted octanol–water partition coefficient (Wildman–Crippen LogP) is 7.46. The van der Waals surface area contributed by atoms with E-state index < -0.39 is 0 Å². The Kier molecular flexibility index (Phi) is 16.9. The fraction of sp³-hybridized carbons (Fsp3) is 0.593. The number of carbonyl (C=O) groups is 1. The minimum absolute atomic E-state index is 0.236. The maximum absolute atomic E-state index is 8.81. The summed E-state index contributed by atoms with van der Waals surface area (Å²) in [4.78, 5) is 8.81. The van der Waals surface area contributed by atoms with E-state index in [9.17, 15) is 0 Å². The molecule has 0 amide bonds. The van der Waals surface area contributed by atoms with E-state index in [1.54, 1.807) is 0 Å². The molecule has 1 aliphatic rings. The molecule has 2 N–H and O–H groups in total. The summed E-state index contributed by atoms with van der Waals surface area (Å²) in [5.41, 5.74) is 13.2. The molecule has 1 aliphatic carbocycles. The number of thiol groups is 1. The van der Waals surface area contributed by atoms with Crippen molar-refractivity contribution in [3.63, 3.8) is 0 Å². The van der Waals surface area contributed by atoms with Crippen molar-refractivity contribution in [2.24, 2.45) is 11.7 Å². The first-order chi connectivity index (χ1) is 14.1. The fourth-order valence-corrected chi connectivity index (χ4v) is 3.02. The maximum Gasteiger partial charge on any atom is 0.116 e. The number of nitrogens with two attached hydrogens (primary N) is 1. The van der Waals surface area contributed by atoms with Gasteiger partial charge in [-0.3, -0.25) is 0 Å². The highest BCUT2D eigenvalue weighted by Crippen LogP contribution is 2.38. The molecule has 172 valence electrons. The zero-order valence-electron chi connectivity index (χ0n) is 21.1. The molecule has 0 radical (unpaired) electrons. The second kappa shape index (κ2) is 16.4. The van der Waals surface area contributed by atoms with Gasteiger partial charge in [0.25, 0.3) is 0 Å². The van der Waals surface area contributed by atoms with Crippen LogP contribution in [0.25, 0.3) is 12.2 Å². The van der Waals surface area contributed by atoms with E-state index in [0.29, 0.717) is 0 Å². The van der Waals surface area contributed by atoms with Gasteiger partial charge in [0, 0.05) is 4.75 Å². The van der Waals surface area contributed by atoms with E-state index >= 15 is 0 Å². The van der Waals surface area contributed by atoms with Gasteiger partial charge in [-0.25, -0.2) is 0 Å². The molecule has 0 unspecified atom stereocenters. The van der Waals surface area contributed by atoms with Crippen molar-refractivity contribution in [1.82, 2.24) is 0 Å². The molecule has 0 bridgehead atoms. The number of allylic oxidation sites excluding steroid dienone is 1. The van der Waals surface area contributed by atoms with Crippen LogP contribution in [0.5, 0.6) is 0 Å². The van der Waals surface area contributed by atoms with Gasteiger partial charge in [-0.2, -0.15) is 12.6 Å². The van der Waals surface area contributed by atoms with Crippen LogP contribution in [-0.4, -0.2) is 18.1 Å². The van der Waals surface area contributed by atoms with Crippen LogP contribution >= 0.6 is 12.6 Å². The van der Waals surface area contributed by atoms with Gasteiger partial charge in [0.15, 0.2) is 0 Å². The van der Waals surface area contributed by atoms with Gasteiger partial charge in [0.2, 0.25) is 0 Å². The lowest BCUT2D eigenvalue weighted by Crippen LogP contribution is -2.06. The zero-order chi connectivity index (χ0) is 23.9. The van der Waals surface area contributed by atoms with Crippen molar-refractivity contribution >= 4 is 31.1 Å². The topological polar surface area (TPSA) is 43.1 Å². The van der Waals surface area contributed by atoms with Crippen LogP contribution in [0.4, 0.5) is 0 Å². The van der Waals surface area contributed by atoms with Gasteiger partial charge in [-0.1, -0.05) is 65.0 Å². The Morgan fingerprint density at radius 1 is 1.23 bits per heavy atom. The highest BCUT2D eigenvalue weighted by Gasteiger charge is 2.23. The van der Waals surface area contributed by atoms with Gasteiger partial charge in [0.1, 0.15) is 6.29 Å². The Hall–Kier alpha value is -1.32. The van der Waals surface area contributed by atoms with Crippen molar-refractivity contribution in [1.29, 1.82) is 0 Å². The number of benzene rings is 1. The van der Waals surface area contributed by atoms with Crippen molar-refractivity contribution < 1.29 is 4.79 Å². The summed E-state index contributed by atoms with van der Waals surface area (Å²) in [5, 5.41) is 0. The number of aryl methyl sites for hydroxylation is 1. The first kappa shape index (κ1) is 30.9. The quantitative estimate of drug-likeness (QED) is 0.361. The van der Waals surface area contributed by atoms with E-state index in [-0.39, 0.29) is 4.75 Å². The molecule has 1 saturated carbocycles. The van der Waals surface area contributed by atoms with E-state index in [4.69, 9.17) is 4.79 Å². The number of hydrogen-bond acceptors (Lipinski definition) is 3. The van der Waals surface area contributed by atoms with Crippen LogP contribution in [0, 0.1) is 12.8 Å². The van der Waals surface area contributed by atoms with Crippen LogP contribution in [0.3, 0.4) is 0 Å². The first-order valence-electron chi connectivity index (χ1n) is 11.3. The minimum atomic E-state index is 0.236.